The Morgan fingerprint density at radius 2 is 2.30 bits per heavy atom. The first kappa shape index (κ1) is 13.8. The maximum Gasteiger partial charge on any atom is 0.293 e. The second-order valence-electron chi connectivity index (χ2n) is 3.80. The van der Waals surface area contributed by atoms with Crippen LogP contribution < -0.4 is 10.2 Å². The number of halogens is 1. The number of benzene rings is 1. The highest BCUT2D eigenvalue weighted by Crippen LogP contribution is 2.23. The van der Waals surface area contributed by atoms with Crippen molar-refractivity contribution in [3.05, 3.63) is 35.8 Å². The van der Waals surface area contributed by atoms with E-state index in [1.807, 2.05) is 0 Å². The van der Waals surface area contributed by atoms with Gasteiger partial charge in [0.25, 0.3) is 5.91 Å². The minimum absolute atomic E-state index is 0.0504. The summed E-state index contributed by atoms with van der Waals surface area (Å²) in [5.41, 5.74) is 2.58. The molecule has 1 heterocycles. The summed E-state index contributed by atoms with van der Waals surface area (Å²) in [6, 6.07) is 5.84. The Labute approximate surface area is 114 Å². The maximum absolute atomic E-state index is 13.6. The number of aromatic nitrogens is 1. The van der Waals surface area contributed by atoms with Gasteiger partial charge in [0, 0.05) is 11.5 Å². The van der Waals surface area contributed by atoms with E-state index in [0.29, 0.717) is 10.9 Å². The molecular formula is C14H11FN2O3. The Kier molecular flexibility index (Phi) is 4.13. The Morgan fingerprint density at radius 3 is 3.00 bits per heavy atom. The van der Waals surface area contributed by atoms with Gasteiger partial charge in [0.15, 0.2) is 11.6 Å². The number of nitrogens with one attached hydrogen (secondary N) is 1. The van der Waals surface area contributed by atoms with E-state index < -0.39 is 11.7 Å². The fourth-order valence-corrected chi connectivity index (χ4v) is 1.60. The van der Waals surface area contributed by atoms with Crippen LogP contribution >= 0.6 is 0 Å². The molecule has 0 saturated carbocycles. The van der Waals surface area contributed by atoms with Crippen molar-refractivity contribution in [2.45, 2.75) is 0 Å². The topological polar surface area (TPSA) is 60.5 Å². The van der Waals surface area contributed by atoms with E-state index >= 15 is 0 Å². The molecule has 5 nitrogen and oxygen atoms in total. The number of methoxy groups -OCH3 is 1. The number of carbonyl (C=O) groups is 1. The molecule has 0 radical (unpaired) electrons. The summed E-state index contributed by atoms with van der Waals surface area (Å²) in [6.45, 7) is -0.0504. The van der Waals surface area contributed by atoms with Crippen LogP contribution in [0.15, 0.2) is 24.3 Å². The summed E-state index contributed by atoms with van der Waals surface area (Å²) in [7, 11) is 1.38. The van der Waals surface area contributed by atoms with Crippen molar-refractivity contribution in [3.63, 3.8) is 0 Å². The molecular weight excluding hydrogens is 263 g/mol. The monoisotopic (exact) mass is 274 g/mol. The standard InChI is InChI=1S/C14H11FN2O3/c1-3-6-20-17-14(18)11-5-4-9-7-13(19-2)10(15)8-12(9)16-11/h1,4-5,7-8H,6H2,2H3,(H,17,18). The van der Waals surface area contributed by atoms with Gasteiger partial charge in [0.1, 0.15) is 12.3 Å². The fraction of sp³-hybridized carbons (Fsp3) is 0.143. The molecule has 0 aliphatic carbocycles. The van der Waals surface area contributed by atoms with Crippen molar-refractivity contribution in [1.29, 1.82) is 0 Å². The van der Waals surface area contributed by atoms with Crippen molar-refractivity contribution in [3.8, 4) is 18.1 Å². The van der Waals surface area contributed by atoms with Gasteiger partial charge in [0.05, 0.1) is 12.6 Å². The molecule has 1 aromatic heterocycles. The molecule has 0 saturated heterocycles. The first-order chi connectivity index (χ1) is 9.65. The van der Waals surface area contributed by atoms with E-state index in [1.54, 1.807) is 6.07 Å². The summed E-state index contributed by atoms with van der Waals surface area (Å²) < 4.78 is 18.5. The number of hydrogen-bond acceptors (Lipinski definition) is 4. The van der Waals surface area contributed by atoms with Crippen LogP contribution in [0.3, 0.4) is 0 Å². The molecule has 0 fully saturated rings. The van der Waals surface area contributed by atoms with E-state index in [0.717, 1.165) is 0 Å². The minimum Gasteiger partial charge on any atom is -0.494 e. The number of amides is 1. The van der Waals surface area contributed by atoms with Gasteiger partial charge in [-0.1, -0.05) is 12.0 Å². The second-order valence-corrected chi connectivity index (χ2v) is 3.80. The Bertz CT molecular complexity index is 695. The van der Waals surface area contributed by atoms with Crippen molar-refractivity contribution >= 4 is 16.8 Å². The van der Waals surface area contributed by atoms with Crippen LogP contribution in [0.4, 0.5) is 4.39 Å². The number of hydroxylamine groups is 1. The molecule has 0 aliphatic rings. The van der Waals surface area contributed by atoms with Gasteiger partial charge in [-0.2, -0.15) is 0 Å². The summed E-state index contributed by atoms with van der Waals surface area (Å²) in [5.74, 6) is 1.22. The average Bonchev–Trinajstić information content (AvgIpc) is 2.46. The first-order valence-electron chi connectivity index (χ1n) is 5.65. The van der Waals surface area contributed by atoms with E-state index in [1.165, 1.54) is 25.3 Å². The smallest absolute Gasteiger partial charge is 0.293 e. The Hall–Kier alpha value is -2.65. The summed E-state index contributed by atoms with van der Waals surface area (Å²) >= 11 is 0. The van der Waals surface area contributed by atoms with Crippen LogP contribution in [0.25, 0.3) is 10.9 Å². The number of fused-ring (bicyclic) bond motifs is 1. The van der Waals surface area contributed by atoms with Gasteiger partial charge in [-0.25, -0.2) is 14.9 Å². The highest BCUT2D eigenvalue weighted by molar-refractivity contribution is 5.94. The number of nitrogens with zero attached hydrogens (tertiary/aromatic N) is 1. The number of ether oxygens (including phenoxy) is 1. The zero-order valence-corrected chi connectivity index (χ0v) is 10.6. The fourth-order valence-electron chi connectivity index (χ4n) is 1.60. The molecule has 1 N–H and O–H groups in total. The summed E-state index contributed by atoms with van der Waals surface area (Å²) in [6.07, 6.45) is 4.98. The minimum atomic E-state index is -0.557. The van der Waals surface area contributed by atoms with Crippen molar-refractivity contribution in [2.24, 2.45) is 0 Å². The van der Waals surface area contributed by atoms with Gasteiger partial charge >= 0.3 is 0 Å². The zero-order valence-electron chi connectivity index (χ0n) is 10.6. The van der Waals surface area contributed by atoms with Crippen molar-refractivity contribution in [2.75, 3.05) is 13.7 Å². The molecule has 2 aromatic rings. The normalized spacial score (nSPS) is 10.1. The summed E-state index contributed by atoms with van der Waals surface area (Å²) in [4.78, 5) is 20.4. The van der Waals surface area contributed by atoms with Crippen molar-refractivity contribution in [1.82, 2.24) is 10.5 Å². The lowest BCUT2D eigenvalue weighted by molar-refractivity contribution is 0.0433. The molecule has 102 valence electrons. The van der Waals surface area contributed by atoms with Crippen LogP contribution in [0, 0.1) is 18.2 Å². The van der Waals surface area contributed by atoms with Gasteiger partial charge in [0.2, 0.25) is 0 Å². The number of carbonyl (C=O) groups excluding carboxylic acids is 1. The quantitative estimate of drug-likeness (QED) is 0.523. The second kappa shape index (κ2) is 5.99. The molecule has 2 rings (SSSR count). The molecule has 0 unspecified atom stereocenters. The highest BCUT2D eigenvalue weighted by atomic mass is 19.1. The molecule has 0 aliphatic heterocycles. The van der Waals surface area contributed by atoms with Crippen LogP contribution in [0.1, 0.15) is 10.5 Å². The zero-order chi connectivity index (χ0) is 14.5. The van der Waals surface area contributed by atoms with E-state index in [9.17, 15) is 9.18 Å². The third kappa shape index (κ3) is 2.84. The Balaban J connectivity index is 2.29. The molecule has 0 atom stereocenters. The summed E-state index contributed by atoms with van der Waals surface area (Å²) in [5, 5.41) is 0.657. The number of terminal acetylenes is 1. The average molecular weight is 274 g/mol. The first-order valence-corrected chi connectivity index (χ1v) is 5.65. The van der Waals surface area contributed by atoms with Crippen molar-refractivity contribution < 1.29 is 18.8 Å². The van der Waals surface area contributed by atoms with Crippen LogP contribution in [-0.4, -0.2) is 24.6 Å². The number of pyridine rings is 1. The van der Waals surface area contributed by atoms with Gasteiger partial charge in [-0.05, 0) is 12.1 Å². The maximum atomic E-state index is 13.6. The van der Waals surface area contributed by atoms with E-state index in [2.05, 4.69) is 16.4 Å². The van der Waals surface area contributed by atoms with Crippen LogP contribution in [0.2, 0.25) is 0 Å². The number of hydrogen-bond donors (Lipinski definition) is 1. The third-order valence-electron chi connectivity index (χ3n) is 2.52. The molecule has 1 aromatic carbocycles. The molecule has 20 heavy (non-hydrogen) atoms. The predicted octanol–water partition coefficient (Wildman–Crippen LogP) is 1.68. The highest BCUT2D eigenvalue weighted by Gasteiger charge is 2.10. The van der Waals surface area contributed by atoms with Crippen LogP contribution in [0.5, 0.6) is 5.75 Å². The lowest BCUT2D eigenvalue weighted by Gasteiger charge is -2.06. The molecule has 0 bridgehead atoms. The van der Waals surface area contributed by atoms with Crippen LogP contribution in [-0.2, 0) is 4.84 Å². The molecule has 6 heteroatoms. The van der Waals surface area contributed by atoms with Gasteiger partial charge in [-0.3, -0.25) is 9.63 Å². The van der Waals surface area contributed by atoms with E-state index in [4.69, 9.17) is 16.0 Å². The molecule has 0 spiro atoms. The lowest BCUT2D eigenvalue weighted by Crippen LogP contribution is -2.24. The number of rotatable bonds is 4. The largest absolute Gasteiger partial charge is 0.494 e. The van der Waals surface area contributed by atoms with E-state index in [-0.39, 0.29) is 18.1 Å². The SMILES string of the molecule is C#CCONC(=O)c1ccc2cc(OC)c(F)cc2n1. The van der Waals surface area contributed by atoms with Gasteiger partial charge < -0.3 is 4.74 Å². The Morgan fingerprint density at radius 1 is 1.50 bits per heavy atom. The third-order valence-corrected chi connectivity index (χ3v) is 2.52. The predicted molar refractivity (Wildman–Crippen MR) is 70.5 cm³/mol. The van der Waals surface area contributed by atoms with Gasteiger partial charge in [-0.15, -0.1) is 6.42 Å². The lowest BCUT2D eigenvalue weighted by atomic mass is 10.2. The molecule has 1 amide bonds.